The Morgan fingerprint density at radius 3 is 1.39 bits per heavy atom. The highest BCUT2D eigenvalue weighted by Gasteiger charge is 2.67. The molecular formula is C18H14Cl2F4N2O2. The van der Waals surface area contributed by atoms with Crippen LogP contribution in [0.2, 0.25) is 10.0 Å². The molecule has 0 spiro atoms. The Balaban J connectivity index is 2.26. The number of benzene rings is 2. The van der Waals surface area contributed by atoms with E-state index in [2.05, 4.69) is 0 Å². The van der Waals surface area contributed by atoms with E-state index in [1.807, 2.05) is 0 Å². The highest BCUT2D eigenvalue weighted by Crippen LogP contribution is 2.37. The number of carbonyl (C=O) groups is 2. The molecule has 2 N–H and O–H groups in total. The monoisotopic (exact) mass is 436 g/mol. The number of halogens is 6. The summed E-state index contributed by atoms with van der Waals surface area (Å²) in [6.45, 7) is 2.81. The van der Waals surface area contributed by atoms with Crippen LogP contribution in [0.1, 0.15) is 11.1 Å². The van der Waals surface area contributed by atoms with Crippen LogP contribution < -0.4 is 10.6 Å². The quantitative estimate of drug-likeness (QED) is 0.611. The number of anilines is 2. The lowest BCUT2D eigenvalue weighted by molar-refractivity contribution is -0.204. The van der Waals surface area contributed by atoms with E-state index in [0.717, 1.165) is 0 Å². The minimum atomic E-state index is -5.33. The van der Waals surface area contributed by atoms with E-state index in [4.69, 9.17) is 23.2 Å². The van der Waals surface area contributed by atoms with Crippen molar-refractivity contribution >= 4 is 46.4 Å². The number of nitrogens with one attached hydrogen (secondary N) is 2. The van der Waals surface area contributed by atoms with E-state index < -0.39 is 23.7 Å². The summed E-state index contributed by atoms with van der Waals surface area (Å²) in [5.41, 5.74) is 0.0458. The summed E-state index contributed by atoms with van der Waals surface area (Å²) in [5, 5.41) is 3.65. The van der Waals surface area contributed by atoms with Gasteiger partial charge in [0.25, 0.3) is 0 Å². The normalized spacial score (nSPS) is 11.9. The number of rotatable bonds is 5. The lowest BCUT2D eigenvalue weighted by atomic mass is 10.1. The van der Waals surface area contributed by atoms with E-state index in [1.54, 1.807) is 10.6 Å². The zero-order valence-corrected chi connectivity index (χ0v) is 16.1. The molecule has 0 aliphatic rings. The van der Waals surface area contributed by atoms with Crippen LogP contribution in [0.25, 0.3) is 0 Å². The number of carbonyl (C=O) groups excluding carboxylic acids is 2. The first-order chi connectivity index (χ1) is 12.9. The minimum absolute atomic E-state index is 0.141. The highest BCUT2D eigenvalue weighted by atomic mass is 35.5. The molecule has 0 aliphatic carbocycles. The second-order valence-corrected chi connectivity index (χ2v) is 6.70. The first-order valence-corrected chi connectivity index (χ1v) is 8.54. The molecule has 28 heavy (non-hydrogen) atoms. The largest absolute Gasteiger partial charge is 0.396 e. The fourth-order valence-electron chi connectivity index (χ4n) is 2.17. The zero-order valence-electron chi connectivity index (χ0n) is 14.5. The maximum atomic E-state index is 14.2. The molecule has 0 heterocycles. The molecular weight excluding hydrogens is 423 g/mol. The van der Waals surface area contributed by atoms with Crippen molar-refractivity contribution in [3.63, 3.8) is 0 Å². The van der Waals surface area contributed by atoms with Crippen LogP contribution >= 0.6 is 23.2 Å². The maximum absolute atomic E-state index is 14.2. The highest BCUT2D eigenvalue weighted by molar-refractivity contribution is 6.32. The predicted molar refractivity (Wildman–Crippen MR) is 99.5 cm³/mol. The Morgan fingerprint density at radius 1 is 0.750 bits per heavy atom. The zero-order chi connectivity index (χ0) is 21.3. The average Bonchev–Trinajstić information content (AvgIpc) is 2.62. The molecule has 0 saturated carbocycles. The number of hydrogen-bond donors (Lipinski definition) is 2. The molecule has 0 fully saturated rings. The van der Waals surface area contributed by atoms with Gasteiger partial charge < -0.3 is 10.6 Å². The fourth-order valence-corrected chi connectivity index (χ4v) is 2.52. The molecule has 150 valence electrons. The number of alkyl halides is 4. The maximum Gasteiger partial charge on any atom is 0.396 e. The molecule has 4 nitrogen and oxygen atoms in total. The van der Waals surface area contributed by atoms with Crippen LogP contribution in [0.15, 0.2) is 36.4 Å². The fraction of sp³-hybridized carbons (Fsp3) is 0.222. The van der Waals surface area contributed by atoms with Gasteiger partial charge >= 0.3 is 23.7 Å². The molecule has 0 bridgehead atoms. The third-order valence-corrected chi connectivity index (χ3v) is 4.82. The van der Waals surface area contributed by atoms with Crippen LogP contribution in [-0.2, 0) is 9.59 Å². The molecule has 10 heteroatoms. The molecule has 0 aromatic heterocycles. The number of amides is 2. The molecule has 2 aromatic carbocycles. The molecule has 0 atom stereocenters. The molecule has 2 aromatic rings. The molecule has 0 aliphatic heterocycles. The van der Waals surface area contributed by atoms with Crippen molar-refractivity contribution in [3.05, 3.63) is 57.6 Å². The van der Waals surface area contributed by atoms with E-state index >= 15 is 0 Å². The summed E-state index contributed by atoms with van der Waals surface area (Å²) in [4.78, 5) is 23.7. The van der Waals surface area contributed by atoms with Crippen molar-refractivity contribution in [1.82, 2.24) is 0 Å². The average molecular weight is 437 g/mol. The summed E-state index contributed by atoms with van der Waals surface area (Å²) in [7, 11) is 0. The Bertz CT molecular complexity index is 860. The Hall–Kier alpha value is -2.32. The van der Waals surface area contributed by atoms with E-state index in [-0.39, 0.29) is 32.5 Å². The van der Waals surface area contributed by atoms with Crippen molar-refractivity contribution in [2.45, 2.75) is 25.7 Å². The van der Waals surface area contributed by atoms with Crippen molar-refractivity contribution in [2.24, 2.45) is 0 Å². The van der Waals surface area contributed by atoms with Gasteiger partial charge in [0.1, 0.15) is 0 Å². The Morgan fingerprint density at radius 2 is 1.07 bits per heavy atom. The van der Waals surface area contributed by atoms with Gasteiger partial charge in [-0.25, -0.2) is 0 Å². The van der Waals surface area contributed by atoms with E-state index in [0.29, 0.717) is 0 Å². The van der Waals surface area contributed by atoms with Gasteiger partial charge in [-0.05, 0) is 49.2 Å². The second-order valence-electron chi connectivity index (χ2n) is 5.88. The van der Waals surface area contributed by atoms with Gasteiger partial charge in [0.15, 0.2) is 0 Å². The van der Waals surface area contributed by atoms with Crippen molar-refractivity contribution < 1.29 is 27.2 Å². The van der Waals surface area contributed by atoms with Crippen molar-refractivity contribution in [1.29, 1.82) is 0 Å². The summed E-state index contributed by atoms with van der Waals surface area (Å²) in [6.07, 6.45) is 0. The van der Waals surface area contributed by atoms with E-state index in [9.17, 15) is 27.2 Å². The van der Waals surface area contributed by atoms with Gasteiger partial charge in [-0.2, -0.15) is 17.6 Å². The third kappa shape index (κ3) is 4.07. The van der Waals surface area contributed by atoms with Crippen LogP contribution in [-0.4, -0.2) is 23.7 Å². The molecule has 0 saturated heterocycles. The minimum Gasteiger partial charge on any atom is -0.320 e. The standard InChI is InChI=1S/C18H14Cl2F4N2O2/c1-9-11(19)5-3-7-13(9)25-15(27)17(21,22)18(23,24)16(28)26-14-8-4-6-12(20)10(14)2/h3-8H,1-2H3,(H,25,27)(H,26,28). The smallest absolute Gasteiger partial charge is 0.320 e. The van der Waals surface area contributed by atoms with Crippen LogP contribution in [0.4, 0.5) is 28.9 Å². The first kappa shape index (κ1) is 22.0. The van der Waals surface area contributed by atoms with Crippen LogP contribution in [0.5, 0.6) is 0 Å². The summed E-state index contributed by atoms with van der Waals surface area (Å²) < 4.78 is 56.7. The van der Waals surface area contributed by atoms with Crippen molar-refractivity contribution in [3.8, 4) is 0 Å². The van der Waals surface area contributed by atoms with Crippen LogP contribution in [0.3, 0.4) is 0 Å². The molecule has 0 radical (unpaired) electrons. The van der Waals surface area contributed by atoms with Gasteiger partial charge in [0, 0.05) is 21.4 Å². The topological polar surface area (TPSA) is 58.2 Å². The Labute approximate surface area is 167 Å². The number of hydrogen-bond acceptors (Lipinski definition) is 2. The van der Waals surface area contributed by atoms with Gasteiger partial charge in [-0.1, -0.05) is 35.3 Å². The lowest BCUT2D eigenvalue weighted by Crippen LogP contribution is -2.56. The third-order valence-electron chi connectivity index (χ3n) is 4.00. The van der Waals surface area contributed by atoms with Crippen LogP contribution in [0, 0.1) is 13.8 Å². The summed E-state index contributed by atoms with van der Waals surface area (Å²) in [6, 6.07) is 7.97. The molecule has 0 unspecified atom stereocenters. The second kappa shape index (κ2) is 7.97. The molecule has 2 rings (SSSR count). The summed E-state index contributed by atoms with van der Waals surface area (Å²) in [5.74, 6) is -15.4. The van der Waals surface area contributed by atoms with Crippen molar-refractivity contribution in [2.75, 3.05) is 10.6 Å². The van der Waals surface area contributed by atoms with Gasteiger partial charge in [0.2, 0.25) is 0 Å². The molecule has 2 amide bonds. The van der Waals surface area contributed by atoms with E-state index in [1.165, 1.54) is 50.2 Å². The predicted octanol–water partition coefficient (Wildman–Crippen LogP) is 5.46. The lowest BCUT2D eigenvalue weighted by Gasteiger charge is -2.25. The first-order valence-electron chi connectivity index (χ1n) is 7.78. The Kier molecular flexibility index (Phi) is 6.25. The van der Waals surface area contributed by atoms with Gasteiger partial charge in [0.05, 0.1) is 0 Å². The SMILES string of the molecule is Cc1c(Cl)cccc1NC(=O)C(F)(F)C(F)(F)C(=O)Nc1cccc(Cl)c1C. The van der Waals surface area contributed by atoms with Gasteiger partial charge in [-0.15, -0.1) is 0 Å². The van der Waals surface area contributed by atoms with Gasteiger partial charge in [-0.3, -0.25) is 9.59 Å². The summed E-state index contributed by atoms with van der Waals surface area (Å²) >= 11 is 11.6.